The van der Waals surface area contributed by atoms with Crippen molar-refractivity contribution in [2.45, 2.75) is 13.3 Å². The van der Waals surface area contributed by atoms with Gasteiger partial charge in [0.2, 0.25) is 0 Å². The molecule has 0 aliphatic heterocycles. The molecule has 0 aromatic rings. The van der Waals surface area contributed by atoms with E-state index in [1.54, 1.807) is 0 Å². The molecular formula is C4H7ClS. The van der Waals surface area contributed by atoms with E-state index in [1.807, 2.05) is 13.0 Å². The predicted octanol–water partition coefficient (Wildman–Crippen LogP) is 2.41. The topological polar surface area (TPSA) is 0 Å². The lowest BCUT2D eigenvalue weighted by Gasteiger charge is -1.76. The average molecular weight is 123 g/mol. The molecule has 0 rings (SSSR count). The van der Waals surface area contributed by atoms with E-state index in [2.05, 4.69) is 12.6 Å². The molecule has 0 aromatic carbocycles. The second kappa shape index (κ2) is 3.57. The summed E-state index contributed by atoms with van der Waals surface area (Å²) < 4.78 is 0.581. The Balaban J connectivity index is 3.14. The summed E-state index contributed by atoms with van der Waals surface area (Å²) in [5.41, 5.74) is 0. The Morgan fingerprint density at radius 2 is 2.50 bits per heavy atom. The first kappa shape index (κ1) is 6.38. The third-order valence-corrected chi connectivity index (χ3v) is 0.709. The maximum absolute atomic E-state index is 5.30. The van der Waals surface area contributed by atoms with Gasteiger partial charge in [-0.2, -0.15) is 0 Å². The van der Waals surface area contributed by atoms with Gasteiger partial charge < -0.3 is 0 Å². The van der Waals surface area contributed by atoms with E-state index in [9.17, 15) is 0 Å². The second-order valence-electron chi connectivity index (χ2n) is 0.935. The van der Waals surface area contributed by atoms with Crippen LogP contribution in [0.2, 0.25) is 0 Å². The highest BCUT2D eigenvalue weighted by molar-refractivity contribution is 7.86. The Hall–Kier alpha value is 0.380. The lowest BCUT2D eigenvalue weighted by molar-refractivity contribution is 1.23. The van der Waals surface area contributed by atoms with Crippen molar-refractivity contribution < 1.29 is 0 Å². The van der Waals surface area contributed by atoms with Gasteiger partial charge in [0.1, 0.15) is 0 Å². The van der Waals surface area contributed by atoms with Crippen molar-refractivity contribution in [1.82, 2.24) is 0 Å². The summed E-state index contributed by atoms with van der Waals surface area (Å²) >= 11 is 9.11. The van der Waals surface area contributed by atoms with Gasteiger partial charge >= 0.3 is 0 Å². The van der Waals surface area contributed by atoms with Crippen molar-refractivity contribution in [2.24, 2.45) is 0 Å². The Morgan fingerprint density at radius 3 is 2.50 bits per heavy atom. The van der Waals surface area contributed by atoms with Gasteiger partial charge in [-0.15, -0.1) is 12.6 Å². The maximum Gasteiger partial charge on any atom is 0.0664 e. The number of allylic oxidation sites excluding steroid dienone is 1. The van der Waals surface area contributed by atoms with Crippen LogP contribution in [0.1, 0.15) is 13.3 Å². The van der Waals surface area contributed by atoms with Crippen molar-refractivity contribution in [3.8, 4) is 0 Å². The normalized spacial score (nSPS) is 12.2. The number of halogens is 1. The van der Waals surface area contributed by atoms with Crippen LogP contribution in [0.25, 0.3) is 0 Å². The molecule has 0 saturated heterocycles. The summed E-state index contributed by atoms with van der Waals surface area (Å²) in [6.45, 7) is 2.01. The smallest absolute Gasteiger partial charge is 0.0664 e. The summed E-state index contributed by atoms with van der Waals surface area (Å²) in [6.07, 6.45) is 2.80. The van der Waals surface area contributed by atoms with Crippen LogP contribution >= 0.6 is 24.2 Å². The molecule has 6 heavy (non-hydrogen) atoms. The van der Waals surface area contributed by atoms with E-state index in [4.69, 9.17) is 11.6 Å². The Bertz CT molecular complexity index is 54.6. The molecule has 0 aromatic heterocycles. The van der Waals surface area contributed by atoms with Crippen LogP contribution in [-0.2, 0) is 0 Å². The van der Waals surface area contributed by atoms with Crippen molar-refractivity contribution in [3.63, 3.8) is 0 Å². The molecule has 0 nitrogen and oxygen atoms in total. The highest BCUT2D eigenvalue weighted by Gasteiger charge is 1.71. The number of rotatable bonds is 1. The van der Waals surface area contributed by atoms with Gasteiger partial charge in [0, 0.05) is 0 Å². The van der Waals surface area contributed by atoms with Crippen LogP contribution in [0, 0.1) is 0 Å². The molecule has 36 valence electrons. The molecule has 0 atom stereocenters. The van der Waals surface area contributed by atoms with E-state index < -0.39 is 0 Å². The summed E-state index contributed by atoms with van der Waals surface area (Å²) in [4.78, 5) is 0. The molecule has 0 fully saturated rings. The minimum atomic E-state index is 0.581. The largest absolute Gasteiger partial charge is 0.132 e. The van der Waals surface area contributed by atoms with E-state index >= 15 is 0 Å². The van der Waals surface area contributed by atoms with Crippen LogP contribution in [-0.4, -0.2) is 0 Å². The van der Waals surface area contributed by atoms with Gasteiger partial charge in [-0.1, -0.05) is 24.6 Å². The molecule has 0 spiro atoms. The molecule has 0 heterocycles. The van der Waals surface area contributed by atoms with Crippen molar-refractivity contribution >= 4 is 24.2 Å². The Labute approximate surface area is 48.6 Å². The van der Waals surface area contributed by atoms with Crippen LogP contribution in [0.15, 0.2) is 10.4 Å². The monoisotopic (exact) mass is 122 g/mol. The van der Waals surface area contributed by atoms with E-state index in [0.29, 0.717) is 4.36 Å². The van der Waals surface area contributed by atoms with Crippen LogP contribution in [0.3, 0.4) is 0 Å². The predicted molar refractivity (Wildman–Crippen MR) is 33.2 cm³/mol. The lowest BCUT2D eigenvalue weighted by atomic mass is 10.5. The molecule has 0 unspecified atom stereocenters. The minimum absolute atomic E-state index is 0.581. The number of hydrogen-bond acceptors (Lipinski definition) is 1. The Morgan fingerprint density at radius 1 is 2.00 bits per heavy atom. The molecular weight excluding hydrogens is 116 g/mol. The lowest BCUT2D eigenvalue weighted by Crippen LogP contribution is -1.50. The van der Waals surface area contributed by atoms with Gasteiger partial charge in [0.15, 0.2) is 0 Å². The van der Waals surface area contributed by atoms with E-state index in [1.165, 1.54) is 0 Å². The first-order valence-corrected chi connectivity index (χ1v) is 2.64. The van der Waals surface area contributed by atoms with Crippen molar-refractivity contribution in [1.29, 1.82) is 0 Å². The third-order valence-electron chi connectivity index (χ3n) is 0.373. The SMILES string of the molecule is CC/C=C(/S)Cl. The summed E-state index contributed by atoms with van der Waals surface area (Å²) in [6, 6.07) is 0. The minimum Gasteiger partial charge on any atom is -0.132 e. The number of hydrogen-bond donors (Lipinski definition) is 1. The molecule has 0 radical (unpaired) electrons. The van der Waals surface area contributed by atoms with Crippen molar-refractivity contribution in [2.75, 3.05) is 0 Å². The van der Waals surface area contributed by atoms with Crippen LogP contribution in [0.4, 0.5) is 0 Å². The molecule has 0 aliphatic carbocycles. The summed E-state index contributed by atoms with van der Waals surface area (Å²) in [5.74, 6) is 0. The van der Waals surface area contributed by atoms with Crippen molar-refractivity contribution in [3.05, 3.63) is 10.4 Å². The molecule has 0 saturated carbocycles. The average Bonchev–Trinajstić information content (AvgIpc) is 1.35. The molecule has 2 heteroatoms. The third kappa shape index (κ3) is 4.38. The van der Waals surface area contributed by atoms with Gasteiger partial charge in [-0.05, 0) is 6.42 Å². The first-order valence-electron chi connectivity index (χ1n) is 1.82. The first-order chi connectivity index (χ1) is 2.77. The van der Waals surface area contributed by atoms with Gasteiger partial charge in [0.25, 0.3) is 0 Å². The molecule has 0 amide bonds. The number of thiol groups is 1. The Kier molecular flexibility index (Phi) is 3.79. The summed E-state index contributed by atoms with van der Waals surface area (Å²) in [7, 11) is 0. The fourth-order valence-corrected chi connectivity index (χ4v) is 0.505. The van der Waals surface area contributed by atoms with E-state index in [0.717, 1.165) is 6.42 Å². The second-order valence-corrected chi connectivity index (χ2v) is 2.09. The highest BCUT2D eigenvalue weighted by atomic mass is 35.5. The van der Waals surface area contributed by atoms with Gasteiger partial charge in [-0.3, -0.25) is 0 Å². The van der Waals surface area contributed by atoms with Gasteiger partial charge in [-0.25, -0.2) is 0 Å². The molecule has 0 N–H and O–H groups in total. The van der Waals surface area contributed by atoms with Crippen LogP contribution < -0.4 is 0 Å². The molecule has 0 aliphatic rings. The zero-order chi connectivity index (χ0) is 4.99. The van der Waals surface area contributed by atoms with Gasteiger partial charge in [0.05, 0.1) is 4.36 Å². The van der Waals surface area contributed by atoms with E-state index in [-0.39, 0.29) is 0 Å². The summed E-state index contributed by atoms with van der Waals surface area (Å²) in [5, 5.41) is 0. The quantitative estimate of drug-likeness (QED) is 0.508. The van der Waals surface area contributed by atoms with Crippen LogP contribution in [0.5, 0.6) is 0 Å². The fourth-order valence-electron chi connectivity index (χ4n) is 0.168. The standard InChI is InChI=1S/C4H7ClS/c1-2-3-4(5)6/h3,6H,2H2,1H3/b4-3+. The zero-order valence-corrected chi connectivity index (χ0v) is 5.26. The fraction of sp³-hybridized carbons (Fsp3) is 0.500. The zero-order valence-electron chi connectivity index (χ0n) is 3.61. The highest BCUT2D eigenvalue weighted by Crippen LogP contribution is 2.05. The molecule has 0 bridgehead atoms. The maximum atomic E-state index is 5.30.